The van der Waals surface area contributed by atoms with E-state index in [0.29, 0.717) is 84.9 Å². The number of aryl methyl sites for hydroxylation is 2. The van der Waals surface area contributed by atoms with Crippen molar-refractivity contribution < 1.29 is 33.1 Å². The summed E-state index contributed by atoms with van der Waals surface area (Å²) < 4.78 is 18.1. The number of carbonyl (C=O) groups is 4. The van der Waals surface area contributed by atoms with Crippen LogP contribution in [0.3, 0.4) is 0 Å². The summed E-state index contributed by atoms with van der Waals surface area (Å²) in [5.74, 6) is 1.19. The standard InChI is InChI=1S/C32H34N4O7/c1-19-29(30-25(37)7-3-8-27(30)42-19)32(40)36-12-10-26-24(17-36)35-28(38)9-4-11-34-31(39)21-14-23(16-33-15-21)43-22-6-2-5-20(13-22)18-41-26/h2,5-6,13-16,24,26H,3-4,7-12,17-18H2,1H3,(H,34,39)(H,35,38)/t24-,26-/m0/s1. The SMILES string of the molecule is Cc1oc2c(c1C(=O)N1CC[C@@H]3OCc4cccc(c4)Oc4cncc(c4)C(=O)NCCCC(=O)N[C@H]3C1)C(=O)CCC2. The molecule has 2 N–H and O–H groups in total. The lowest BCUT2D eigenvalue weighted by atomic mass is 9.92. The zero-order chi connectivity index (χ0) is 29.9. The third-order valence-electron chi connectivity index (χ3n) is 8.08. The van der Waals surface area contributed by atoms with Crippen LogP contribution in [0.25, 0.3) is 0 Å². The van der Waals surface area contributed by atoms with Gasteiger partial charge in [0, 0.05) is 45.1 Å². The van der Waals surface area contributed by atoms with E-state index in [4.69, 9.17) is 13.9 Å². The average Bonchev–Trinajstić information content (AvgIpc) is 3.35. The van der Waals surface area contributed by atoms with E-state index >= 15 is 0 Å². The number of fused-ring (bicyclic) bond motifs is 6. The molecule has 3 amide bonds. The lowest BCUT2D eigenvalue weighted by Gasteiger charge is -2.39. The molecule has 1 aliphatic carbocycles. The van der Waals surface area contributed by atoms with Crippen LogP contribution < -0.4 is 15.4 Å². The van der Waals surface area contributed by atoms with Gasteiger partial charge >= 0.3 is 0 Å². The Morgan fingerprint density at radius 1 is 1.05 bits per heavy atom. The van der Waals surface area contributed by atoms with Crippen molar-refractivity contribution in [2.24, 2.45) is 0 Å². The fraction of sp³-hybridized carbons (Fsp3) is 0.406. The molecule has 2 aliphatic heterocycles. The molecule has 0 unspecified atom stereocenters. The Morgan fingerprint density at radius 3 is 2.81 bits per heavy atom. The molecule has 224 valence electrons. The van der Waals surface area contributed by atoms with Crippen LogP contribution in [-0.2, 0) is 22.6 Å². The summed E-state index contributed by atoms with van der Waals surface area (Å²) in [6, 6.07) is 8.58. The van der Waals surface area contributed by atoms with Crippen molar-refractivity contribution in [3.63, 3.8) is 0 Å². The number of nitrogens with zero attached hydrogens (tertiary/aromatic N) is 2. The average molecular weight is 587 g/mol. The number of hydrogen-bond donors (Lipinski definition) is 2. The topological polar surface area (TPSA) is 140 Å². The number of carbonyl (C=O) groups excluding carboxylic acids is 4. The highest BCUT2D eigenvalue weighted by molar-refractivity contribution is 6.10. The Balaban J connectivity index is 1.22. The van der Waals surface area contributed by atoms with Gasteiger partial charge in [-0.3, -0.25) is 24.2 Å². The van der Waals surface area contributed by atoms with Crippen LogP contribution in [-0.4, -0.2) is 65.2 Å². The van der Waals surface area contributed by atoms with Crippen LogP contribution in [0, 0.1) is 6.92 Å². The highest BCUT2D eigenvalue weighted by Gasteiger charge is 2.37. The van der Waals surface area contributed by atoms with Crippen molar-refractivity contribution >= 4 is 23.5 Å². The minimum absolute atomic E-state index is 0.0639. The van der Waals surface area contributed by atoms with E-state index in [1.165, 1.54) is 6.20 Å². The van der Waals surface area contributed by atoms with Gasteiger partial charge in [0.2, 0.25) is 5.91 Å². The Kier molecular flexibility index (Phi) is 8.24. The highest BCUT2D eigenvalue weighted by atomic mass is 16.5. The van der Waals surface area contributed by atoms with Gasteiger partial charge in [-0.15, -0.1) is 0 Å². The molecule has 3 aliphatic rings. The Bertz CT molecular complexity index is 1560. The van der Waals surface area contributed by atoms with Crippen LogP contribution in [0.4, 0.5) is 0 Å². The first-order valence-electron chi connectivity index (χ1n) is 14.7. The van der Waals surface area contributed by atoms with Crippen LogP contribution in [0.15, 0.2) is 47.1 Å². The molecule has 3 aromatic rings. The second-order valence-corrected chi connectivity index (χ2v) is 11.2. The quantitative estimate of drug-likeness (QED) is 0.440. The number of ether oxygens (including phenoxy) is 2. The van der Waals surface area contributed by atoms with E-state index in [2.05, 4.69) is 15.6 Å². The first-order valence-corrected chi connectivity index (χ1v) is 14.7. The van der Waals surface area contributed by atoms with E-state index in [1.807, 2.05) is 24.3 Å². The van der Waals surface area contributed by atoms with Crippen molar-refractivity contribution in [3.05, 3.63) is 76.5 Å². The number of furan rings is 1. The number of piperidine rings is 1. The number of Topliss-reactive ketones (excluding diaryl/α,β-unsaturated/α-hetero) is 1. The molecule has 0 spiro atoms. The summed E-state index contributed by atoms with van der Waals surface area (Å²) in [7, 11) is 0. The van der Waals surface area contributed by atoms with Crippen molar-refractivity contribution in [1.82, 2.24) is 20.5 Å². The van der Waals surface area contributed by atoms with Gasteiger partial charge in [-0.2, -0.15) is 0 Å². The normalized spacial score (nSPS) is 21.3. The van der Waals surface area contributed by atoms with Crippen molar-refractivity contribution in [1.29, 1.82) is 0 Å². The molecule has 1 saturated heterocycles. The number of rotatable bonds is 1. The fourth-order valence-corrected chi connectivity index (χ4v) is 5.95. The van der Waals surface area contributed by atoms with Gasteiger partial charge in [0.1, 0.15) is 23.0 Å². The summed E-state index contributed by atoms with van der Waals surface area (Å²) in [4.78, 5) is 58.0. The highest BCUT2D eigenvalue weighted by Crippen LogP contribution is 2.32. The van der Waals surface area contributed by atoms with Gasteiger partial charge in [-0.25, -0.2) is 0 Å². The third kappa shape index (κ3) is 6.31. The number of amides is 3. The largest absolute Gasteiger partial charge is 0.465 e. The molecule has 2 atom stereocenters. The molecule has 1 fully saturated rings. The number of hydrogen-bond acceptors (Lipinski definition) is 8. The number of likely N-dealkylation sites (tertiary alicyclic amines) is 1. The maximum atomic E-state index is 13.8. The second-order valence-electron chi connectivity index (χ2n) is 11.2. The lowest BCUT2D eigenvalue weighted by molar-refractivity contribution is -0.124. The van der Waals surface area contributed by atoms with Crippen LogP contribution in [0.2, 0.25) is 0 Å². The number of aromatic nitrogens is 1. The summed E-state index contributed by atoms with van der Waals surface area (Å²) in [6.07, 6.45) is 5.51. The lowest BCUT2D eigenvalue weighted by Crippen LogP contribution is -2.57. The van der Waals surface area contributed by atoms with Gasteiger partial charge in [-0.05, 0) is 49.9 Å². The molecular weight excluding hydrogens is 552 g/mol. The maximum Gasteiger partial charge on any atom is 0.258 e. The second kappa shape index (κ2) is 12.4. The zero-order valence-corrected chi connectivity index (χ0v) is 24.0. The minimum atomic E-state index is -0.470. The number of benzene rings is 1. The minimum Gasteiger partial charge on any atom is -0.465 e. The van der Waals surface area contributed by atoms with Crippen LogP contribution in [0.1, 0.15) is 80.3 Å². The number of pyridine rings is 1. The summed E-state index contributed by atoms with van der Waals surface area (Å²) in [5.41, 5.74) is 1.96. The molecule has 43 heavy (non-hydrogen) atoms. The van der Waals surface area contributed by atoms with Gasteiger partial charge in [0.05, 0.1) is 41.6 Å². The molecule has 11 heteroatoms. The molecule has 4 heterocycles. The fourth-order valence-electron chi connectivity index (χ4n) is 5.95. The molecule has 0 saturated carbocycles. The maximum absolute atomic E-state index is 13.8. The van der Waals surface area contributed by atoms with Crippen molar-refractivity contribution in [2.75, 3.05) is 19.6 Å². The summed E-state index contributed by atoms with van der Waals surface area (Å²) in [6.45, 7) is 2.92. The molecular formula is C32H34N4O7. The summed E-state index contributed by atoms with van der Waals surface area (Å²) >= 11 is 0. The van der Waals surface area contributed by atoms with E-state index in [-0.39, 0.29) is 49.2 Å². The molecule has 0 radical (unpaired) electrons. The zero-order valence-electron chi connectivity index (χ0n) is 24.0. The smallest absolute Gasteiger partial charge is 0.258 e. The van der Waals surface area contributed by atoms with Gasteiger partial charge in [-0.1, -0.05) is 12.1 Å². The third-order valence-corrected chi connectivity index (χ3v) is 8.08. The Labute approximate surface area is 248 Å². The van der Waals surface area contributed by atoms with E-state index in [9.17, 15) is 19.2 Å². The van der Waals surface area contributed by atoms with Crippen LogP contribution in [0.5, 0.6) is 11.5 Å². The molecule has 11 nitrogen and oxygen atoms in total. The van der Waals surface area contributed by atoms with Crippen molar-refractivity contribution in [2.45, 2.75) is 64.2 Å². The van der Waals surface area contributed by atoms with Gasteiger partial charge in [0.15, 0.2) is 5.78 Å². The van der Waals surface area contributed by atoms with E-state index in [1.54, 1.807) is 24.1 Å². The molecule has 1 aromatic carbocycles. The molecule has 2 aromatic heterocycles. The molecule has 6 rings (SSSR count). The van der Waals surface area contributed by atoms with E-state index < -0.39 is 6.04 Å². The van der Waals surface area contributed by atoms with Gasteiger partial charge < -0.3 is 29.4 Å². The van der Waals surface area contributed by atoms with Crippen molar-refractivity contribution in [3.8, 4) is 11.5 Å². The first-order chi connectivity index (χ1) is 20.9. The van der Waals surface area contributed by atoms with E-state index in [0.717, 1.165) is 5.56 Å². The van der Waals surface area contributed by atoms with Crippen LogP contribution >= 0.6 is 0 Å². The number of ketones is 1. The predicted molar refractivity (Wildman–Crippen MR) is 154 cm³/mol. The monoisotopic (exact) mass is 586 g/mol. The number of nitrogens with one attached hydrogen (secondary N) is 2. The molecule has 4 bridgehead atoms. The van der Waals surface area contributed by atoms with Gasteiger partial charge in [0.25, 0.3) is 11.8 Å². The predicted octanol–water partition coefficient (Wildman–Crippen LogP) is 3.73. The Morgan fingerprint density at radius 2 is 1.93 bits per heavy atom. The Hall–Kier alpha value is -4.51. The first kappa shape index (κ1) is 28.6. The summed E-state index contributed by atoms with van der Waals surface area (Å²) in [5, 5.41) is 5.89.